The maximum Gasteiger partial charge on any atom is 0.314 e. The number of hydrogen-bond acceptors (Lipinski definition) is 3. The average Bonchev–Trinajstić information content (AvgIpc) is 2.85. The summed E-state index contributed by atoms with van der Waals surface area (Å²) >= 11 is 0. The van der Waals surface area contributed by atoms with Gasteiger partial charge in [-0.05, 0) is 24.3 Å². The summed E-state index contributed by atoms with van der Waals surface area (Å²) in [7, 11) is 0. The number of benzene rings is 1. The summed E-state index contributed by atoms with van der Waals surface area (Å²) in [6.07, 6.45) is 1.38. The van der Waals surface area contributed by atoms with Crippen LogP contribution in [-0.4, -0.2) is 47.8 Å². The smallest absolute Gasteiger partial charge is 0.314 e. The highest BCUT2D eigenvalue weighted by molar-refractivity contribution is 5.73. The van der Waals surface area contributed by atoms with Crippen molar-refractivity contribution in [2.75, 3.05) is 19.6 Å². The van der Waals surface area contributed by atoms with Crippen LogP contribution in [0.2, 0.25) is 0 Å². The van der Waals surface area contributed by atoms with E-state index in [4.69, 9.17) is 0 Å². The van der Waals surface area contributed by atoms with Crippen LogP contribution < -0.4 is 10.6 Å². The lowest BCUT2D eigenvalue weighted by atomic mass is 10.1. The molecule has 2 amide bonds. The highest BCUT2D eigenvalue weighted by atomic mass is 16.3. The lowest BCUT2D eigenvalue weighted by Crippen LogP contribution is -2.44. The number of nitrogens with zero attached hydrogens (tertiary/aromatic N) is 1. The summed E-state index contributed by atoms with van der Waals surface area (Å²) in [4.78, 5) is 14.1. The molecule has 0 aromatic heterocycles. The molecular weight excluding hydrogens is 290 g/mol. The van der Waals surface area contributed by atoms with Crippen LogP contribution in [-0.2, 0) is 6.54 Å². The van der Waals surface area contributed by atoms with Gasteiger partial charge in [-0.3, -0.25) is 4.90 Å². The predicted octanol–water partition coefficient (Wildman–Crippen LogP) is 1.97. The van der Waals surface area contributed by atoms with Crippen molar-refractivity contribution in [2.24, 2.45) is 5.92 Å². The van der Waals surface area contributed by atoms with Gasteiger partial charge in [-0.2, -0.15) is 0 Å². The number of aliphatic hydroxyl groups is 1. The normalized spacial score (nSPS) is 21.6. The maximum atomic E-state index is 11.8. The Morgan fingerprint density at radius 2 is 2.04 bits per heavy atom. The van der Waals surface area contributed by atoms with Crippen LogP contribution in [0.4, 0.5) is 4.79 Å². The van der Waals surface area contributed by atoms with Gasteiger partial charge in [0.1, 0.15) is 0 Å². The van der Waals surface area contributed by atoms with Crippen molar-refractivity contribution in [3.8, 4) is 0 Å². The Kier molecular flexibility index (Phi) is 6.86. The molecule has 1 aromatic carbocycles. The Balaban J connectivity index is 1.77. The minimum Gasteiger partial charge on any atom is -0.392 e. The van der Waals surface area contributed by atoms with Crippen molar-refractivity contribution < 1.29 is 9.90 Å². The second-order valence-corrected chi connectivity index (χ2v) is 6.78. The first-order chi connectivity index (χ1) is 11.0. The second kappa shape index (κ2) is 8.89. The van der Waals surface area contributed by atoms with Gasteiger partial charge in [0, 0.05) is 32.2 Å². The molecule has 1 aliphatic rings. The summed E-state index contributed by atoms with van der Waals surface area (Å²) in [5.74, 6) is 0.585. The van der Waals surface area contributed by atoms with Crippen LogP contribution in [0.1, 0.15) is 32.3 Å². The van der Waals surface area contributed by atoms with Crippen molar-refractivity contribution >= 4 is 6.03 Å². The summed E-state index contributed by atoms with van der Waals surface area (Å²) in [5, 5.41) is 15.8. The van der Waals surface area contributed by atoms with Crippen molar-refractivity contribution in [2.45, 2.75) is 45.4 Å². The van der Waals surface area contributed by atoms with E-state index in [1.807, 2.05) is 18.2 Å². The van der Waals surface area contributed by atoms with Gasteiger partial charge in [-0.25, -0.2) is 4.79 Å². The van der Waals surface area contributed by atoms with Crippen LogP contribution in [0, 0.1) is 5.92 Å². The molecule has 0 radical (unpaired) electrons. The topological polar surface area (TPSA) is 64.6 Å². The second-order valence-electron chi connectivity index (χ2n) is 6.78. The molecular formula is C18H29N3O2. The third kappa shape index (κ3) is 6.20. The van der Waals surface area contributed by atoms with Gasteiger partial charge in [0.2, 0.25) is 0 Å². The first-order valence-electron chi connectivity index (χ1n) is 8.52. The Morgan fingerprint density at radius 3 is 2.74 bits per heavy atom. The number of β-amino-alcohol motifs (C(OH)–C–C–N with tert-alkyl or cyclic N) is 1. The summed E-state index contributed by atoms with van der Waals surface area (Å²) < 4.78 is 0. The number of hydrogen-bond donors (Lipinski definition) is 3. The van der Waals surface area contributed by atoms with Gasteiger partial charge in [0.15, 0.2) is 0 Å². The van der Waals surface area contributed by atoms with Crippen molar-refractivity contribution in [1.29, 1.82) is 0 Å². The molecule has 5 nitrogen and oxygen atoms in total. The molecule has 2 rings (SSSR count). The van der Waals surface area contributed by atoms with Gasteiger partial charge in [-0.1, -0.05) is 44.2 Å². The number of aliphatic hydroxyl groups excluding tert-OH is 1. The fourth-order valence-electron chi connectivity index (χ4n) is 2.93. The Hall–Kier alpha value is -1.59. The summed E-state index contributed by atoms with van der Waals surface area (Å²) in [6.45, 7) is 7.01. The molecule has 1 aliphatic heterocycles. The molecule has 1 heterocycles. The largest absolute Gasteiger partial charge is 0.392 e. The van der Waals surface area contributed by atoms with E-state index in [0.717, 1.165) is 13.0 Å². The quantitative estimate of drug-likeness (QED) is 0.720. The molecule has 23 heavy (non-hydrogen) atoms. The van der Waals surface area contributed by atoms with E-state index in [1.165, 1.54) is 5.56 Å². The van der Waals surface area contributed by atoms with E-state index in [-0.39, 0.29) is 18.2 Å². The molecule has 3 N–H and O–H groups in total. The van der Waals surface area contributed by atoms with E-state index < -0.39 is 0 Å². The molecule has 5 heteroatoms. The molecule has 2 atom stereocenters. The number of amides is 2. The number of urea groups is 1. The van der Waals surface area contributed by atoms with Crippen molar-refractivity contribution in [3.05, 3.63) is 35.9 Å². The van der Waals surface area contributed by atoms with Crippen LogP contribution in [0.25, 0.3) is 0 Å². The molecule has 2 unspecified atom stereocenters. The van der Waals surface area contributed by atoms with E-state index in [2.05, 4.69) is 41.5 Å². The van der Waals surface area contributed by atoms with Gasteiger partial charge >= 0.3 is 6.03 Å². The lowest BCUT2D eigenvalue weighted by Gasteiger charge is -2.24. The molecule has 1 fully saturated rings. The minimum absolute atomic E-state index is 0.119. The van der Waals surface area contributed by atoms with Gasteiger partial charge < -0.3 is 15.7 Å². The van der Waals surface area contributed by atoms with Gasteiger partial charge in [0.25, 0.3) is 0 Å². The molecule has 128 valence electrons. The van der Waals surface area contributed by atoms with Crippen LogP contribution in [0.3, 0.4) is 0 Å². The highest BCUT2D eigenvalue weighted by Crippen LogP contribution is 2.20. The van der Waals surface area contributed by atoms with Crippen molar-refractivity contribution in [3.63, 3.8) is 0 Å². The third-order valence-corrected chi connectivity index (χ3v) is 4.24. The number of carbonyl (C=O) groups excluding carboxylic acids is 1. The van der Waals surface area contributed by atoms with Crippen molar-refractivity contribution in [1.82, 2.24) is 15.5 Å². The zero-order valence-corrected chi connectivity index (χ0v) is 14.2. The van der Waals surface area contributed by atoms with Gasteiger partial charge in [0.05, 0.1) is 6.10 Å². The summed E-state index contributed by atoms with van der Waals surface area (Å²) in [5.41, 5.74) is 1.23. The Morgan fingerprint density at radius 1 is 1.30 bits per heavy atom. The minimum atomic E-state index is -0.311. The SMILES string of the molecule is CC(C)CCNC(=O)NCC1CC(O)CN1Cc1ccccc1. The first-order valence-corrected chi connectivity index (χ1v) is 8.52. The number of rotatable bonds is 7. The molecule has 0 saturated carbocycles. The first kappa shape index (κ1) is 17.8. The Bertz CT molecular complexity index is 478. The van der Waals surface area contributed by atoms with Crippen LogP contribution in [0.15, 0.2) is 30.3 Å². The monoisotopic (exact) mass is 319 g/mol. The molecule has 0 bridgehead atoms. The number of likely N-dealkylation sites (tertiary alicyclic amines) is 1. The zero-order chi connectivity index (χ0) is 16.7. The summed E-state index contributed by atoms with van der Waals surface area (Å²) in [6, 6.07) is 10.3. The fourth-order valence-corrected chi connectivity index (χ4v) is 2.93. The molecule has 0 aliphatic carbocycles. The Labute approximate surface area is 139 Å². The molecule has 1 aromatic rings. The molecule has 0 spiro atoms. The maximum absolute atomic E-state index is 11.8. The third-order valence-electron chi connectivity index (χ3n) is 4.24. The fraction of sp³-hybridized carbons (Fsp3) is 0.611. The highest BCUT2D eigenvalue weighted by Gasteiger charge is 2.30. The standard InChI is InChI=1S/C18H29N3O2/c1-14(2)8-9-19-18(23)20-11-16-10-17(22)13-21(16)12-15-6-4-3-5-7-15/h3-7,14,16-17,22H,8-13H2,1-2H3,(H2,19,20,23). The van der Waals surface area contributed by atoms with Crippen LogP contribution >= 0.6 is 0 Å². The van der Waals surface area contributed by atoms with E-state index in [9.17, 15) is 9.90 Å². The predicted molar refractivity (Wildman–Crippen MR) is 92.1 cm³/mol. The zero-order valence-electron chi connectivity index (χ0n) is 14.2. The van der Waals surface area contributed by atoms with E-state index >= 15 is 0 Å². The van der Waals surface area contributed by atoms with E-state index in [1.54, 1.807) is 0 Å². The number of nitrogens with one attached hydrogen (secondary N) is 2. The number of carbonyl (C=O) groups is 1. The molecule has 1 saturated heterocycles. The van der Waals surface area contributed by atoms with Gasteiger partial charge in [-0.15, -0.1) is 0 Å². The average molecular weight is 319 g/mol. The van der Waals surface area contributed by atoms with Crippen LogP contribution in [0.5, 0.6) is 0 Å². The lowest BCUT2D eigenvalue weighted by molar-refractivity contribution is 0.172. The van der Waals surface area contributed by atoms with E-state index in [0.29, 0.717) is 32.0 Å².